The van der Waals surface area contributed by atoms with Gasteiger partial charge in [0.25, 0.3) is 5.91 Å². The van der Waals surface area contributed by atoms with Crippen LogP contribution in [0.3, 0.4) is 0 Å². The smallest absolute Gasteiger partial charge is 0.266 e. The molecule has 0 aromatic carbocycles. The molecule has 1 aromatic rings. The van der Waals surface area contributed by atoms with Crippen LogP contribution in [0, 0.1) is 13.8 Å². The second-order valence-corrected chi connectivity index (χ2v) is 7.49. The first-order valence-corrected chi connectivity index (χ1v) is 8.69. The van der Waals surface area contributed by atoms with Gasteiger partial charge in [-0.3, -0.25) is 9.69 Å². The van der Waals surface area contributed by atoms with Crippen LogP contribution in [0.5, 0.6) is 0 Å². The molecule has 3 rings (SSSR count). The number of aryl methyl sites for hydroxylation is 1. The molecule has 1 amide bonds. The van der Waals surface area contributed by atoms with E-state index in [0.717, 1.165) is 30.7 Å². The molecule has 1 atom stereocenters. The molecule has 0 spiro atoms. The summed E-state index contributed by atoms with van der Waals surface area (Å²) in [6, 6.07) is 2.10. The summed E-state index contributed by atoms with van der Waals surface area (Å²) in [4.78, 5) is 15.0. The van der Waals surface area contributed by atoms with Crippen LogP contribution < -0.4 is 0 Å². The van der Waals surface area contributed by atoms with Crippen molar-refractivity contribution in [3.63, 3.8) is 0 Å². The molecule has 0 bridgehead atoms. The van der Waals surface area contributed by atoms with Gasteiger partial charge in [-0.25, -0.2) is 0 Å². The first-order valence-electron chi connectivity index (χ1n) is 7.47. The molecule has 22 heavy (non-hydrogen) atoms. The number of rotatable bonds is 3. The lowest BCUT2D eigenvalue weighted by Crippen LogP contribution is -2.35. The largest absolute Gasteiger partial charge is 0.376 e. The molecule has 0 saturated carbocycles. The monoisotopic (exact) mass is 336 g/mol. The summed E-state index contributed by atoms with van der Waals surface area (Å²) in [7, 11) is 2.03. The number of hydrogen-bond donors (Lipinski definition) is 0. The number of thioether (sulfide) groups is 1. The quantitative estimate of drug-likeness (QED) is 0.628. The lowest BCUT2D eigenvalue weighted by Gasteiger charge is -2.18. The minimum atomic E-state index is 0.00593. The van der Waals surface area contributed by atoms with Gasteiger partial charge in [0, 0.05) is 25.0 Å². The number of carbonyl (C=O) groups excluding carboxylic acids is 1. The molecule has 0 unspecified atom stereocenters. The zero-order valence-electron chi connectivity index (χ0n) is 13.1. The predicted octanol–water partition coefficient (Wildman–Crippen LogP) is 3.02. The Hall–Kier alpha value is -1.11. The molecule has 2 fully saturated rings. The maximum absolute atomic E-state index is 12.6. The Morgan fingerprint density at radius 3 is 2.86 bits per heavy atom. The predicted molar refractivity (Wildman–Crippen MR) is 93.7 cm³/mol. The van der Waals surface area contributed by atoms with E-state index >= 15 is 0 Å². The van der Waals surface area contributed by atoms with Gasteiger partial charge in [-0.05, 0) is 44.4 Å². The van der Waals surface area contributed by atoms with Crippen LogP contribution in [0.1, 0.15) is 29.8 Å². The minimum Gasteiger partial charge on any atom is -0.376 e. The molecule has 3 heterocycles. The van der Waals surface area contributed by atoms with E-state index in [-0.39, 0.29) is 12.0 Å². The van der Waals surface area contributed by atoms with Crippen molar-refractivity contribution in [1.29, 1.82) is 0 Å². The number of aromatic nitrogens is 1. The van der Waals surface area contributed by atoms with Gasteiger partial charge >= 0.3 is 0 Å². The molecule has 6 heteroatoms. The summed E-state index contributed by atoms with van der Waals surface area (Å²) in [5.41, 5.74) is 3.41. The summed E-state index contributed by atoms with van der Waals surface area (Å²) in [5, 5.41) is 0. The van der Waals surface area contributed by atoms with Crippen molar-refractivity contribution in [1.82, 2.24) is 9.47 Å². The molecule has 118 valence electrons. The fourth-order valence-corrected chi connectivity index (χ4v) is 4.09. The molecule has 0 N–H and O–H groups in total. The van der Waals surface area contributed by atoms with Crippen LogP contribution in [0.4, 0.5) is 0 Å². The van der Waals surface area contributed by atoms with Crippen LogP contribution in [0.25, 0.3) is 6.08 Å². The zero-order chi connectivity index (χ0) is 15.9. The van der Waals surface area contributed by atoms with E-state index in [1.165, 1.54) is 17.5 Å². The van der Waals surface area contributed by atoms with Crippen molar-refractivity contribution in [2.75, 3.05) is 13.2 Å². The number of thiocarbonyl (C=S) groups is 1. The minimum absolute atomic E-state index is 0.00593. The number of carbonyl (C=O) groups is 1. The second-order valence-electron chi connectivity index (χ2n) is 5.81. The van der Waals surface area contributed by atoms with Crippen molar-refractivity contribution >= 4 is 40.3 Å². The van der Waals surface area contributed by atoms with Crippen molar-refractivity contribution < 1.29 is 9.53 Å². The van der Waals surface area contributed by atoms with Crippen molar-refractivity contribution in [3.8, 4) is 0 Å². The first kappa shape index (κ1) is 15.8. The Morgan fingerprint density at radius 1 is 1.50 bits per heavy atom. The number of amides is 1. The third-order valence-electron chi connectivity index (χ3n) is 4.38. The molecule has 0 radical (unpaired) electrons. The lowest BCUT2D eigenvalue weighted by atomic mass is 10.2. The molecular weight excluding hydrogens is 316 g/mol. The summed E-state index contributed by atoms with van der Waals surface area (Å²) in [6.07, 6.45) is 4.16. The SMILES string of the molecule is Cc1cc(/C=C2\SC(=S)N(C[C@@H]3CCCO3)C2=O)c(C)n1C. The Labute approximate surface area is 140 Å². The highest BCUT2D eigenvalue weighted by Crippen LogP contribution is 2.34. The summed E-state index contributed by atoms with van der Waals surface area (Å²) in [5.74, 6) is 0.00593. The topological polar surface area (TPSA) is 34.5 Å². The van der Waals surface area contributed by atoms with Gasteiger partial charge in [0.2, 0.25) is 0 Å². The molecule has 0 aliphatic carbocycles. The third kappa shape index (κ3) is 2.87. The summed E-state index contributed by atoms with van der Waals surface area (Å²) >= 11 is 6.76. The molecule has 2 aliphatic rings. The fourth-order valence-electron chi connectivity index (χ4n) is 2.82. The normalized spacial score (nSPS) is 24.0. The number of hydrogen-bond acceptors (Lipinski definition) is 4. The Kier molecular flexibility index (Phi) is 4.43. The lowest BCUT2D eigenvalue weighted by molar-refractivity contribution is -0.123. The average Bonchev–Trinajstić information content (AvgIpc) is 3.14. The maximum Gasteiger partial charge on any atom is 0.266 e. The summed E-state index contributed by atoms with van der Waals surface area (Å²) < 4.78 is 8.38. The first-order chi connectivity index (χ1) is 10.5. The van der Waals surface area contributed by atoms with Crippen LogP contribution in [0.15, 0.2) is 11.0 Å². The molecular formula is C16H20N2O2S2. The van der Waals surface area contributed by atoms with E-state index in [0.29, 0.717) is 15.8 Å². The molecule has 2 aliphatic heterocycles. The van der Waals surface area contributed by atoms with Crippen molar-refractivity contribution in [2.45, 2.75) is 32.8 Å². The van der Waals surface area contributed by atoms with Gasteiger partial charge in [-0.1, -0.05) is 24.0 Å². The standard InChI is InChI=1S/C16H20N2O2S2/c1-10-7-12(11(2)17(10)3)8-14-15(19)18(16(21)22-14)9-13-5-4-6-20-13/h7-8,13H,4-6,9H2,1-3H3/b14-8-/t13-/m0/s1. The van der Waals surface area contributed by atoms with Crippen molar-refractivity contribution in [3.05, 3.63) is 27.9 Å². The van der Waals surface area contributed by atoms with E-state index < -0.39 is 0 Å². The van der Waals surface area contributed by atoms with Crippen LogP contribution in [-0.4, -0.2) is 39.0 Å². The maximum atomic E-state index is 12.6. The average molecular weight is 336 g/mol. The van der Waals surface area contributed by atoms with E-state index in [1.54, 1.807) is 4.90 Å². The van der Waals surface area contributed by atoms with E-state index in [2.05, 4.69) is 24.5 Å². The van der Waals surface area contributed by atoms with Crippen LogP contribution >= 0.6 is 24.0 Å². The van der Waals surface area contributed by atoms with Crippen LogP contribution in [-0.2, 0) is 16.6 Å². The van der Waals surface area contributed by atoms with Gasteiger partial charge < -0.3 is 9.30 Å². The van der Waals surface area contributed by atoms with Gasteiger partial charge in [0.05, 0.1) is 17.6 Å². The molecule has 2 saturated heterocycles. The van der Waals surface area contributed by atoms with Gasteiger partial charge in [0.1, 0.15) is 4.32 Å². The van der Waals surface area contributed by atoms with Crippen molar-refractivity contribution in [2.24, 2.45) is 7.05 Å². The van der Waals surface area contributed by atoms with Gasteiger partial charge in [-0.2, -0.15) is 0 Å². The van der Waals surface area contributed by atoms with Gasteiger partial charge in [-0.15, -0.1) is 0 Å². The van der Waals surface area contributed by atoms with E-state index in [9.17, 15) is 4.79 Å². The van der Waals surface area contributed by atoms with Gasteiger partial charge in [0.15, 0.2) is 0 Å². The Morgan fingerprint density at radius 2 is 2.27 bits per heavy atom. The van der Waals surface area contributed by atoms with E-state index in [1.807, 2.05) is 13.1 Å². The highest BCUT2D eigenvalue weighted by Gasteiger charge is 2.34. The fraction of sp³-hybridized carbons (Fsp3) is 0.500. The second kappa shape index (κ2) is 6.18. The Bertz CT molecular complexity index is 657. The highest BCUT2D eigenvalue weighted by molar-refractivity contribution is 8.26. The van der Waals surface area contributed by atoms with E-state index in [4.69, 9.17) is 17.0 Å². The molecule has 1 aromatic heterocycles. The number of ether oxygens (including phenoxy) is 1. The van der Waals surface area contributed by atoms with Crippen LogP contribution in [0.2, 0.25) is 0 Å². The number of nitrogens with zero attached hydrogens (tertiary/aromatic N) is 2. The zero-order valence-corrected chi connectivity index (χ0v) is 14.7. The Balaban J connectivity index is 1.80. The summed E-state index contributed by atoms with van der Waals surface area (Å²) in [6.45, 7) is 5.49. The molecule has 4 nitrogen and oxygen atoms in total. The highest BCUT2D eigenvalue weighted by atomic mass is 32.2. The third-order valence-corrected chi connectivity index (χ3v) is 5.76.